The minimum absolute atomic E-state index is 0.528. The maximum Gasteiger partial charge on any atom is 0.157 e. The van der Waals surface area contributed by atoms with Crippen LogP contribution in [0.15, 0.2) is 4.99 Å². The van der Waals surface area contributed by atoms with E-state index in [0.717, 1.165) is 12.3 Å². The summed E-state index contributed by atoms with van der Waals surface area (Å²) in [7, 11) is 0. The summed E-state index contributed by atoms with van der Waals surface area (Å²) in [6.07, 6.45) is 3.92. The average Bonchev–Trinajstić information content (AvgIpc) is 2.89. The monoisotopic (exact) mass is 241 g/mol. The summed E-state index contributed by atoms with van der Waals surface area (Å²) in [5.41, 5.74) is 0. The van der Waals surface area contributed by atoms with Crippen LogP contribution in [0.2, 0.25) is 0 Å². The third-order valence-electron chi connectivity index (χ3n) is 3.28. The molecule has 0 spiro atoms. The summed E-state index contributed by atoms with van der Waals surface area (Å²) in [6, 6.07) is 1.08. The second kappa shape index (κ2) is 5.92. The van der Waals surface area contributed by atoms with Crippen molar-refractivity contribution in [2.75, 3.05) is 25.4 Å². The molecule has 0 saturated carbocycles. The molecule has 1 saturated heterocycles. The van der Waals surface area contributed by atoms with Gasteiger partial charge in [-0.15, -0.1) is 0 Å². The first-order valence-corrected chi connectivity index (χ1v) is 7.46. The molecule has 0 aromatic heterocycles. The predicted molar refractivity (Wildman–Crippen MR) is 72.2 cm³/mol. The molecular weight excluding hydrogens is 218 g/mol. The largest absolute Gasteiger partial charge is 0.361 e. The fourth-order valence-electron chi connectivity index (χ4n) is 2.31. The normalized spacial score (nSPS) is 28.1. The lowest BCUT2D eigenvalue weighted by Crippen LogP contribution is -2.39. The van der Waals surface area contributed by atoms with Crippen molar-refractivity contribution >= 4 is 16.9 Å². The molecule has 0 amide bonds. The highest BCUT2D eigenvalue weighted by Gasteiger charge is 2.19. The molecule has 3 nitrogen and oxygen atoms in total. The number of aliphatic imine (C=N–C) groups is 1. The molecule has 16 heavy (non-hydrogen) atoms. The molecule has 2 atom stereocenters. The summed E-state index contributed by atoms with van der Waals surface area (Å²) >= 11 is 1.88. The average molecular weight is 241 g/mol. The first-order valence-electron chi connectivity index (χ1n) is 6.47. The molecule has 0 radical (unpaired) electrons. The van der Waals surface area contributed by atoms with Crippen LogP contribution < -0.4 is 5.32 Å². The third-order valence-corrected chi connectivity index (χ3v) is 4.33. The quantitative estimate of drug-likeness (QED) is 0.815. The van der Waals surface area contributed by atoms with E-state index in [0.29, 0.717) is 12.1 Å². The fourth-order valence-corrected chi connectivity index (χ4v) is 3.48. The molecule has 1 fully saturated rings. The van der Waals surface area contributed by atoms with Crippen LogP contribution in [0.25, 0.3) is 0 Å². The summed E-state index contributed by atoms with van der Waals surface area (Å²) in [5.74, 6) is 1.16. The van der Waals surface area contributed by atoms with Gasteiger partial charge in [-0.2, -0.15) is 0 Å². The van der Waals surface area contributed by atoms with Crippen LogP contribution in [0.5, 0.6) is 0 Å². The van der Waals surface area contributed by atoms with Gasteiger partial charge in [0, 0.05) is 18.3 Å². The van der Waals surface area contributed by atoms with Gasteiger partial charge in [-0.1, -0.05) is 18.7 Å². The minimum Gasteiger partial charge on any atom is -0.361 e. The SMILES string of the molecule is CCC1CSC(NC(C)CN2CCCC2)=N1. The molecule has 2 rings (SSSR count). The molecule has 0 aromatic rings. The molecule has 1 N–H and O–H groups in total. The number of amidine groups is 1. The summed E-state index contributed by atoms with van der Waals surface area (Å²) in [5, 5.41) is 4.71. The Morgan fingerprint density at radius 2 is 2.25 bits per heavy atom. The number of rotatable bonds is 4. The topological polar surface area (TPSA) is 27.6 Å². The number of hydrogen-bond acceptors (Lipinski definition) is 4. The van der Waals surface area contributed by atoms with Crippen LogP contribution in [0.4, 0.5) is 0 Å². The van der Waals surface area contributed by atoms with Crippen molar-refractivity contribution in [2.45, 2.75) is 45.2 Å². The summed E-state index contributed by atoms with van der Waals surface area (Å²) in [4.78, 5) is 7.22. The van der Waals surface area contributed by atoms with E-state index < -0.39 is 0 Å². The number of likely N-dealkylation sites (tertiary alicyclic amines) is 1. The van der Waals surface area contributed by atoms with Crippen LogP contribution >= 0.6 is 11.8 Å². The Hall–Kier alpha value is -0.220. The van der Waals surface area contributed by atoms with Gasteiger partial charge in [0.25, 0.3) is 0 Å². The van der Waals surface area contributed by atoms with Gasteiger partial charge in [-0.3, -0.25) is 4.99 Å². The van der Waals surface area contributed by atoms with Crippen molar-refractivity contribution in [1.29, 1.82) is 0 Å². The second-order valence-corrected chi connectivity index (χ2v) is 5.87. The van der Waals surface area contributed by atoms with Gasteiger partial charge in [0.15, 0.2) is 5.17 Å². The van der Waals surface area contributed by atoms with Crippen molar-refractivity contribution in [2.24, 2.45) is 4.99 Å². The zero-order chi connectivity index (χ0) is 11.4. The first kappa shape index (κ1) is 12.2. The van der Waals surface area contributed by atoms with E-state index in [2.05, 4.69) is 29.1 Å². The first-order chi connectivity index (χ1) is 7.78. The highest BCUT2D eigenvalue weighted by Crippen LogP contribution is 2.19. The van der Waals surface area contributed by atoms with Gasteiger partial charge in [0.1, 0.15) is 0 Å². The van der Waals surface area contributed by atoms with E-state index >= 15 is 0 Å². The molecule has 92 valence electrons. The third kappa shape index (κ3) is 3.39. The maximum absolute atomic E-state index is 4.67. The minimum atomic E-state index is 0.528. The zero-order valence-electron chi connectivity index (χ0n) is 10.4. The van der Waals surface area contributed by atoms with Gasteiger partial charge in [0.2, 0.25) is 0 Å². The summed E-state index contributed by atoms with van der Waals surface area (Å²) < 4.78 is 0. The van der Waals surface area contributed by atoms with Crippen molar-refractivity contribution in [1.82, 2.24) is 10.2 Å². The van der Waals surface area contributed by atoms with E-state index in [1.165, 1.54) is 37.5 Å². The van der Waals surface area contributed by atoms with Crippen molar-refractivity contribution < 1.29 is 0 Å². The number of hydrogen-bond donors (Lipinski definition) is 1. The Kier molecular flexibility index (Phi) is 4.53. The van der Waals surface area contributed by atoms with E-state index in [1.807, 2.05) is 11.8 Å². The van der Waals surface area contributed by atoms with Crippen LogP contribution in [0.1, 0.15) is 33.1 Å². The Balaban J connectivity index is 1.72. The van der Waals surface area contributed by atoms with Gasteiger partial charge in [-0.05, 0) is 39.3 Å². The molecular formula is C12H23N3S. The zero-order valence-corrected chi connectivity index (χ0v) is 11.2. The van der Waals surface area contributed by atoms with Crippen molar-refractivity contribution in [3.8, 4) is 0 Å². The smallest absolute Gasteiger partial charge is 0.157 e. The number of nitrogens with zero attached hydrogens (tertiary/aromatic N) is 2. The van der Waals surface area contributed by atoms with Crippen molar-refractivity contribution in [3.63, 3.8) is 0 Å². The standard InChI is InChI=1S/C12H23N3S/c1-3-11-9-16-12(14-11)13-10(2)8-15-6-4-5-7-15/h10-11H,3-9H2,1-2H3,(H,13,14). The van der Waals surface area contributed by atoms with E-state index in [1.54, 1.807) is 0 Å². The van der Waals surface area contributed by atoms with Crippen LogP contribution in [-0.4, -0.2) is 47.5 Å². The Morgan fingerprint density at radius 1 is 1.50 bits per heavy atom. The molecule has 4 heteroatoms. The lowest BCUT2D eigenvalue weighted by Gasteiger charge is -2.21. The molecule has 2 aliphatic heterocycles. The highest BCUT2D eigenvalue weighted by molar-refractivity contribution is 8.14. The fraction of sp³-hybridized carbons (Fsp3) is 0.917. The van der Waals surface area contributed by atoms with Gasteiger partial charge in [0.05, 0.1) is 6.04 Å². The van der Waals surface area contributed by atoms with Crippen LogP contribution in [0.3, 0.4) is 0 Å². The Bertz CT molecular complexity index is 249. The van der Waals surface area contributed by atoms with Gasteiger partial charge in [-0.25, -0.2) is 0 Å². The van der Waals surface area contributed by atoms with Crippen LogP contribution in [-0.2, 0) is 0 Å². The molecule has 2 unspecified atom stereocenters. The summed E-state index contributed by atoms with van der Waals surface area (Å²) in [6.45, 7) is 8.20. The van der Waals surface area contributed by atoms with Crippen molar-refractivity contribution in [3.05, 3.63) is 0 Å². The molecule has 2 heterocycles. The van der Waals surface area contributed by atoms with E-state index in [-0.39, 0.29) is 0 Å². The molecule has 2 aliphatic rings. The van der Waals surface area contributed by atoms with Gasteiger partial charge < -0.3 is 10.2 Å². The predicted octanol–water partition coefficient (Wildman–Crippen LogP) is 1.94. The molecule has 0 bridgehead atoms. The lowest BCUT2D eigenvalue weighted by atomic mass is 10.3. The number of thioether (sulfide) groups is 1. The van der Waals surface area contributed by atoms with E-state index in [9.17, 15) is 0 Å². The highest BCUT2D eigenvalue weighted by atomic mass is 32.2. The Morgan fingerprint density at radius 3 is 2.88 bits per heavy atom. The molecule has 0 aromatic carbocycles. The number of nitrogens with one attached hydrogen (secondary N) is 1. The lowest BCUT2D eigenvalue weighted by molar-refractivity contribution is 0.312. The second-order valence-electron chi connectivity index (χ2n) is 4.86. The van der Waals surface area contributed by atoms with Gasteiger partial charge >= 0.3 is 0 Å². The van der Waals surface area contributed by atoms with E-state index in [4.69, 9.17) is 0 Å². The molecule has 0 aliphatic carbocycles. The Labute approximate surface area is 103 Å². The van der Waals surface area contributed by atoms with Crippen LogP contribution in [0, 0.1) is 0 Å². The maximum atomic E-state index is 4.67.